The molecule has 0 radical (unpaired) electrons. The molecule has 1 aliphatic heterocycles. The minimum absolute atomic E-state index is 0.0247. The lowest BCUT2D eigenvalue weighted by atomic mass is 10.1. The van der Waals surface area contributed by atoms with Crippen molar-refractivity contribution in [2.24, 2.45) is 5.73 Å². The minimum atomic E-state index is -5.14. The van der Waals surface area contributed by atoms with Crippen LogP contribution in [0.1, 0.15) is 15.9 Å². The summed E-state index contributed by atoms with van der Waals surface area (Å²) in [5.74, 6) is -3.51. The fourth-order valence-corrected chi connectivity index (χ4v) is 4.22. The predicted molar refractivity (Wildman–Crippen MR) is 90.5 cm³/mol. The summed E-state index contributed by atoms with van der Waals surface area (Å²) in [6.07, 6.45) is -5.07. The molecule has 1 unspecified atom stereocenters. The van der Waals surface area contributed by atoms with Gasteiger partial charge in [0, 0.05) is 18.7 Å². The average molecular weight is 422 g/mol. The molecule has 1 aliphatic rings. The predicted octanol–water partition coefficient (Wildman–Crippen LogP) is -0.270. The van der Waals surface area contributed by atoms with Crippen LogP contribution in [0, 0.1) is 0 Å². The zero-order chi connectivity index (χ0) is 21.1. The third-order valence-electron chi connectivity index (χ3n) is 4.12. The van der Waals surface area contributed by atoms with Gasteiger partial charge in [-0.2, -0.15) is 13.2 Å². The highest BCUT2D eigenvalue weighted by Crippen LogP contribution is 2.18. The van der Waals surface area contributed by atoms with Crippen molar-refractivity contribution in [3.63, 3.8) is 0 Å². The van der Waals surface area contributed by atoms with Crippen molar-refractivity contribution in [2.75, 3.05) is 18.8 Å². The third kappa shape index (κ3) is 5.34. The van der Waals surface area contributed by atoms with Gasteiger partial charge in [0.05, 0.1) is 11.0 Å². The molecule has 13 heteroatoms. The molecule has 0 saturated carbocycles. The Bertz CT molecular complexity index is 871. The molecule has 4 N–H and O–H groups in total. The van der Waals surface area contributed by atoms with E-state index in [9.17, 15) is 36.0 Å². The van der Waals surface area contributed by atoms with E-state index in [-0.39, 0.29) is 30.8 Å². The van der Waals surface area contributed by atoms with Crippen LogP contribution < -0.4 is 16.6 Å². The van der Waals surface area contributed by atoms with Gasteiger partial charge in [-0.05, 0) is 24.1 Å². The summed E-state index contributed by atoms with van der Waals surface area (Å²) in [6.45, 7) is -0.0275. The number of benzene rings is 1. The maximum atomic E-state index is 12.2. The van der Waals surface area contributed by atoms with Gasteiger partial charge >= 0.3 is 18.1 Å². The van der Waals surface area contributed by atoms with Crippen molar-refractivity contribution in [1.29, 1.82) is 0 Å². The molecule has 154 valence electrons. The molecule has 2 rings (SSSR count). The molecule has 0 bridgehead atoms. The van der Waals surface area contributed by atoms with Crippen LogP contribution in [0.4, 0.5) is 18.0 Å². The lowest BCUT2D eigenvalue weighted by Crippen LogP contribution is -2.51. The van der Waals surface area contributed by atoms with Crippen LogP contribution in [0.5, 0.6) is 0 Å². The van der Waals surface area contributed by atoms with Gasteiger partial charge in [-0.15, -0.1) is 0 Å². The Morgan fingerprint density at radius 2 is 1.75 bits per heavy atom. The van der Waals surface area contributed by atoms with E-state index in [1.54, 1.807) is 5.43 Å². The van der Waals surface area contributed by atoms with Crippen LogP contribution in [-0.2, 0) is 21.1 Å². The molecule has 1 aromatic rings. The summed E-state index contributed by atoms with van der Waals surface area (Å²) < 4.78 is 60.6. The first-order valence-electron chi connectivity index (χ1n) is 7.92. The molecule has 4 amide bonds. The van der Waals surface area contributed by atoms with Crippen LogP contribution in [0.2, 0.25) is 0 Å². The number of nitrogens with one attached hydrogen (secondary N) is 2. The number of sulfone groups is 1. The molecule has 9 nitrogen and oxygen atoms in total. The summed E-state index contributed by atoms with van der Waals surface area (Å²) in [5, 5.41) is -0.862. The fraction of sp³-hybridized carbons (Fsp3) is 0.400. The molecule has 1 heterocycles. The van der Waals surface area contributed by atoms with Crippen molar-refractivity contribution in [1.82, 2.24) is 15.8 Å². The van der Waals surface area contributed by atoms with Gasteiger partial charge in [-0.1, -0.05) is 12.1 Å². The number of hydrazine groups is 1. The first-order chi connectivity index (χ1) is 12.9. The summed E-state index contributed by atoms with van der Waals surface area (Å²) in [6, 6.07) is 4.68. The molecule has 0 aromatic heterocycles. The Morgan fingerprint density at radius 3 is 2.29 bits per heavy atom. The van der Waals surface area contributed by atoms with Gasteiger partial charge in [-0.3, -0.25) is 20.4 Å². The Labute approximate surface area is 157 Å². The second kappa shape index (κ2) is 8.04. The van der Waals surface area contributed by atoms with Crippen LogP contribution in [-0.4, -0.2) is 61.4 Å². The summed E-state index contributed by atoms with van der Waals surface area (Å²) in [4.78, 5) is 34.9. The molecule has 1 fully saturated rings. The minimum Gasteiger partial charge on any atom is -0.351 e. The number of alkyl halides is 3. The Kier molecular flexibility index (Phi) is 6.17. The van der Waals surface area contributed by atoms with Crippen molar-refractivity contribution in [2.45, 2.75) is 17.8 Å². The summed E-state index contributed by atoms with van der Waals surface area (Å²) in [5.41, 5.74) is 8.54. The van der Waals surface area contributed by atoms with E-state index in [4.69, 9.17) is 5.73 Å². The van der Waals surface area contributed by atoms with Crippen LogP contribution in [0.25, 0.3) is 0 Å². The van der Waals surface area contributed by atoms with E-state index >= 15 is 0 Å². The lowest BCUT2D eigenvalue weighted by molar-refractivity contribution is -0.174. The van der Waals surface area contributed by atoms with Crippen LogP contribution in [0.15, 0.2) is 24.3 Å². The van der Waals surface area contributed by atoms with Crippen molar-refractivity contribution < 1.29 is 36.0 Å². The molecule has 1 aromatic carbocycles. The zero-order valence-electron chi connectivity index (χ0n) is 14.3. The zero-order valence-corrected chi connectivity index (χ0v) is 15.1. The molecule has 1 saturated heterocycles. The third-order valence-corrected chi connectivity index (χ3v) is 6.20. The standard InChI is InChI=1S/C15H17F3N4O5S/c16-15(17,18)13(24)21-20-12(23)10-3-1-9(2-4-10)7-11-8-22(14(19)25)5-6-28(11,26)27/h1-4,11H,5-8H2,(H2,19,25)(H,20,23)(H,21,24). The van der Waals surface area contributed by atoms with Gasteiger partial charge in [-0.25, -0.2) is 13.2 Å². The smallest absolute Gasteiger partial charge is 0.351 e. The molecular formula is C15H17F3N4O5S. The maximum absolute atomic E-state index is 12.2. The van der Waals surface area contributed by atoms with E-state index in [2.05, 4.69) is 0 Å². The van der Waals surface area contributed by atoms with Crippen LogP contribution in [0.3, 0.4) is 0 Å². The average Bonchev–Trinajstić information content (AvgIpc) is 2.60. The number of carbonyl (C=O) groups is 3. The van der Waals surface area contributed by atoms with E-state index in [1.165, 1.54) is 34.6 Å². The number of hydrogen-bond donors (Lipinski definition) is 3. The number of nitrogens with two attached hydrogens (primary N) is 1. The number of hydrogen-bond acceptors (Lipinski definition) is 5. The number of halogens is 3. The van der Waals surface area contributed by atoms with Gasteiger partial charge in [0.15, 0.2) is 9.84 Å². The number of carbonyl (C=O) groups excluding carboxylic acids is 3. The second-order valence-electron chi connectivity index (χ2n) is 6.08. The number of primary amides is 1. The Morgan fingerprint density at radius 1 is 1.14 bits per heavy atom. The number of urea groups is 1. The Hall–Kier alpha value is -2.83. The quantitative estimate of drug-likeness (QED) is 0.576. The normalized spacial score (nSPS) is 19.0. The SMILES string of the molecule is NC(=O)N1CCS(=O)(=O)C(Cc2ccc(C(=O)NNC(=O)C(F)(F)F)cc2)C1. The first-order valence-corrected chi connectivity index (χ1v) is 9.64. The topological polar surface area (TPSA) is 139 Å². The van der Waals surface area contributed by atoms with E-state index in [1.807, 2.05) is 0 Å². The first kappa shape index (κ1) is 21.5. The largest absolute Gasteiger partial charge is 0.472 e. The second-order valence-corrected chi connectivity index (χ2v) is 8.48. The number of nitrogens with zero attached hydrogens (tertiary/aromatic N) is 1. The van der Waals surface area contributed by atoms with Crippen molar-refractivity contribution in [3.8, 4) is 0 Å². The summed E-state index contributed by atoms with van der Waals surface area (Å²) >= 11 is 0. The van der Waals surface area contributed by atoms with Crippen LogP contribution >= 0.6 is 0 Å². The highest BCUT2D eigenvalue weighted by molar-refractivity contribution is 7.92. The van der Waals surface area contributed by atoms with Crippen molar-refractivity contribution >= 4 is 27.7 Å². The number of rotatable bonds is 3. The van der Waals surface area contributed by atoms with Gasteiger partial charge < -0.3 is 10.6 Å². The van der Waals surface area contributed by atoms with E-state index < -0.39 is 39.1 Å². The highest BCUT2D eigenvalue weighted by atomic mass is 32.2. The van der Waals surface area contributed by atoms with E-state index in [0.29, 0.717) is 5.56 Å². The van der Waals surface area contributed by atoms with Gasteiger partial charge in [0.2, 0.25) is 0 Å². The Balaban J connectivity index is 2.01. The highest BCUT2D eigenvalue weighted by Gasteiger charge is 2.39. The fourth-order valence-electron chi connectivity index (χ4n) is 2.56. The molecule has 1 atom stereocenters. The molecule has 28 heavy (non-hydrogen) atoms. The maximum Gasteiger partial charge on any atom is 0.472 e. The van der Waals surface area contributed by atoms with Gasteiger partial charge in [0.1, 0.15) is 0 Å². The molecular weight excluding hydrogens is 405 g/mol. The molecule has 0 spiro atoms. The lowest BCUT2D eigenvalue weighted by Gasteiger charge is -2.31. The molecule has 0 aliphatic carbocycles. The van der Waals surface area contributed by atoms with E-state index in [0.717, 1.165) is 0 Å². The van der Waals surface area contributed by atoms with Gasteiger partial charge in [0.25, 0.3) is 5.91 Å². The number of amides is 4. The monoisotopic (exact) mass is 422 g/mol. The summed E-state index contributed by atoms with van der Waals surface area (Å²) in [7, 11) is -3.43. The van der Waals surface area contributed by atoms with Crippen molar-refractivity contribution in [3.05, 3.63) is 35.4 Å².